The van der Waals surface area contributed by atoms with Gasteiger partial charge in [0, 0.05) is 18.2 Å². The number of carboxylic acid groups (broad SMARTS) is 2. The maximum absolute atomic E-state index is 9.55. The van der Waals surface area contributed by atoms with E-state index in [1.165, 1.54) is 24.0 Å². The first-order valence-corrected chi connectivity index (χ1v) is 5.98. The van der Waals surface area contributed by atoms with E-state index >= 15 is 0 Å². The lowest BCUT2D eigenvalue weighted by Gasteiger charge is -2.21. The van der Waals surface area contributed by atoms with Gasteiger partial charge in [0.15, 0.2) is 0 Å². The van der Waals surface area contributed by atoms with Crippen molar-refractivity contribution in [2.45, 2.75) is 25.3 Å². The second-order valence-electron chi connectivity index (χ2n) is 4.21. The van der Waals surface area contributed by atoms with E-state index in [1.807, 2.05) is 0 Å². The van der Waals surface area contributed by atoms with Crippen molar-refractivity contribution >= 4 is 11.9 Å². The Morgan fingerprint density at radius 2 is 1.74 bits per heavy atom. The van der Waals surface area contributed by atoms with Crippen LogP contribution >= 0.6 is 0 Å². The van der Waals surface area contributed by atoms with Crippen LogP contribution in [0.1, 0.15) is 30.0 Å². The lowest BCUT2D eigenvalue weighted by atomic mass is 9.88. The molecule has 5 nitrogen and oxygen atoms in total. The van der Waals surface area contributed by atoms with E-state index in [2.05, 4.69) is 24.3 Å². The van der Waals surface area contributed by atoms with Crippen LogP contribution < -0.4 is 5.73 Å². The number of carbonyl (C=O) groups is 2. The highest BCUT2D eigenvalue weighted by atomic mass is 16.4. The Morgan fingerprint density at radius 1 is 1.16 bits per heavy atom. The van der Waals surface area contributed by atoms with Crippen LogP contribution in [0, 0.1) is 0 Å². The number of carboxylic acids is 2. The fourth-order valence-electron chi connectivity index (χ4n) is 1.93. The molecule has 1 aromatic carbocycles. The smallest absolute Gasteiger partial charge is 0.328 e. The van der Waals surface area contributed by atoms with Crippen LogP contribution in [0.5, 0.6) is 0 Å². The van der Waals surface area contributed by atoms with Crippen LogP contribution in [0.15, 0.2) is 36.4 Å². The minimum Gasteiger partial charge on any atom is -0.478 e. The molecule has 0 heterocycles. The van der Waals surface area contributed by atoms with Gasteiger partial charge in [0.25, 0.3) is 0 Å². The molecule has 0 amide bonds. The van der Waals surface area contributed by atoms with Crippen LogP contribution in [0.3, 0.4) is 0 Å². The molecular formula is C14H17NO4. The third-order valence-electron chi connectivity index (χ3n) is 2.78. The molecule has 0 saturated carbocycles. The summed E-state index contributed by atoms with van der Waals surface area (Å²) in [5, 5.41) is 15.6. The Balaban J connectivity index is 0.000000203. The third kappa shape index (κ3) is 5.35. The molecule has 0 bridgehead atoms. The predicted molar refractivity (Wildman–Crippen MR) is 70.7 cm³/mol. The van der Waals surface area contributed by atoms with Crippen molar-refractivity contribution in [1.82, 2.24) is 0 Å². The molecule has 0 spiro atoms. The number of rotatable bonds is 2. The summed E-state index contributed by atoms with van der Waals surface area (Å²) >= 11 is 0. The first-order valence-electron chi connectivity index (χ1n) is 5.98. The van der Waals surface area contributed by atoms with Crippen LogP contribution in [0.4, 0.5) is 0 Å². The third-order valence-corrected chi connectivity index (χ3v) is 2.78. The second kappa shape index (κ2) is 7.33. The summed E-state index contributed by atoms with van der Waals surface area (Å²) in [6.45, 7) is 0. The van der Waals surface area contributed by atoms with Gasteiger partial charge >= 0.3 is 11.9 Å². The molecule has 0 aromatic heterocycles. The molecule has 0 saturated heterocycles. The summed E-state index contributed by atoms with van der Waals surface area (Å²) in [4.78, 5) is 19.1. The molecule has 0 radical (unpaired) electrons. The van der Waals surface area contributed by atoms with Crippen molar-refractivity contribution in [1.29, 1.82) is 0 Å². The van der Waals surface area contributed by atoms with E-state index in [-0.39, 0.29) is 0 Å². The van der Waals surface area contributed by atoms with Crippen LogP contribution in [-0.4, -0.2) is 22.2 Å². The second-order valence-corrected chi connectivity index (χ2v) is 4.21. The van der Waals surface area contributed by atoms with E-state index in [0.717, 1.165) is 6.42 Å². The normalized spacial score (nSPS) is 17.2. The number of aliphatic carboxylic acids is 2. The summed E-state index contributed by atoms with van der Waals surface area (Å²) in [5.74, 6) is -2.51. The Kier molecular flexibility index (Phi) is 5.75. The Labute approximate surface area is 111 Å². The summed E-state index contributed by atoms with van der Waals surface area (Å²) in [5.41, 5.74) is 8.76. The van der Waals surface area contributed by atoms with E-state index < -0.39 is 11.9 Å². The van der Waals surface area contributed by atoms with Gasteiger partial charge in [0.05, 0.1) is 0 Å². The standard InChI is InChI=1S/C10H13N.C4H4O4/c11-10-7-3-5-8-4-1-2-6-9(8)10;5-3(6)1-2-4(7)8/h1-2,4,6,10H,3,5,7,11H2;1-2H,(H,5,6)(H,7,8)/b;2-1+. The zero-order chi connectivity index (χ0) is 14.3. The highest BCUT2D eigenvalue weighted by Gasteiger charge is 2.14. The molecule has 1 aliphatic carbocycles. The summed E-state index contributed by atoms with van der Waals surface area (Å²) in [6, 6.07) is 8.80. The minimum atomic E-state index is -1.26. The van der Waals surface area contributed by atoms with E-state index in [4.69, 9.17) is 15.9 Å². The van der Waals surface area contributed by atoms with Crippen LogP contribution in [0.2, 0.25) is 0 Å². The van der Waals surface area contributed by atoms with Crippen LogP contribution in [-0.2, 0) is 16.0 Å². The lowest BCUT2D eigenvalue weighted by molar-refractivity contribution is -0.134. The minimum absolute atomic E-state index is 0.292. The number of nitrogens with two attached hydrogens (primary N) is 1. The molecule has 19 heavy (non-hydrogen) atoms. The van der Waals surface area contributed by atoms with Gasteiger partial charge in [-0.3, -0.25) is 0 Å². The fourth-order valence-corrected chi connectivity index (χ4v) is 1.93. The maximum atomic E-state index is 9.55. The van der Waals surface area contributed by atoms with E-state index in [9.17, 15) is 9.59 Å². The quantitative estimate of drug-likeness (QED) is 0.705. The number of fused-ring (bicyclic) bond motifs is 1. The van der Waals surface area contributed by atoms with Crippen molar-refractivity contribution in [2.75, 3.05) is 0 Å². The van der Waals surface area contributed by atoms with Crippen molar-refractivity contribution < 1.29 is 19.8 Å². The molecule has 0 aliphatic heterocycles. The van der Waals surface area contributed by atoms with Crippen molar-refractivity contribution in [3.63, 3.8) is 0 Å². The van der Waals surface area contributed by atoms with Crippen molar-refractivity contribution in [3.05, 3.63) is 47.5 Å². The van der Waals surface area contributed by atoms with Gasteiger partial charge in [-0.25, -0.2) is 9.59 Å². The summed E-state index contributed by atoms with van der Waals surface area (Å²) in [6.07, 6.45) is 4.73. The molecule has 1 aromatic rings. The maximum Gasteiger partial charge on any atom is 0.328 e. The number of hydrogen-bond donors (Lipinski definition) is 3. The molecule has 1 unspecified atom stereocenters. The van der Waals surface area contributed by atoms with E-state index in [0.29, 0.717) is 18.2 Å². The molecule has 1 aliphatic rings. The average molecular weight is 263 g/mol. The Hall–Kier alpha value is -2.14. The van der Waals surface area contributed by atoms with Crippen LogP contribution in [0.25, 0.3) is 0 Å². The number of aryl methyl sites for hydroxylation is 1. The summed E-state index contributed by atoms with van der Waals surface area (Å²) < 4.78 is 0. The van der Waals surface area contributed by atoms with Crippen molar-refractivity contribution in [2.24, 2.45) is 5.73 Å². The molecule has 0 fully saturated rings. The lowest BCUT2D eigenvalue weighted by Crippen LogP contribution is -2.16. The van der Waals surface area contributed by atoms with Gasteiger partial charge in [0.1, 0.15) is 0 Å². The van der Waals surface area contributed by atoms with Gasteiger partial charge in [-0.1, -0.05) is 24.3 Å². The van der Waals surface area contributed by atoms with Gasteiger partial charge in [-0.2, -0.15) is 0 Å². The fraction of sp³-hybridized carbons (Fsp3) is 0.286. The molecule has 5 heteroatoms. The highest BCUT2D eigenvalue weighted by molar-refractivity contribution is 5.89. The molecule has 4 N–H and O–H groups in total. The van der Waals surface area contributed by atoms with Gasteiger partial charge in [-0.05, 0) is 30.4 Å². The van der Waals surface area contributed by atoms with E-state index in [1.54, 1.807) is 0 Å². The van der Waals surface area contributed by atoms with Crippen molar-refractivity contribution in [3.8, 4) is 0 Å². The largest absolute Gasteiger partial charge is 0.478 e. The molecule has 102 valence electrons. The van der Waals surface area contributed by atoms with Gasteiger partial charge < -0.3 is 15.9 Å². The Bertz CT molecular complexity index is 466. The zero-order valence-electron chi connectivity index (χ0n) is 10.5. The molecular weight excluding hydrogens is 246 g/mol. The molecule has 2 rings (SSSR count). The van der Waals surface area contributed by atoms with Gasteiger partial charge in [-0.15, -0.1) is 0 Å². The summed E-state index contributed by atoms with van der Waals surface area (Å²) in [7, 11) is 0. The number of benzene rings is 1. The monoisotopic (exact) mass is 263 g/mol. The topological polar surface area (TPSA) is 101 Å². The predicted octanol–water partition coefficient (Wildman–Crippen LogP) is 1.73. The first-order chi connectivity index (χ1) is 9.00. The average Bonchev–Trinajstić information content (AvgIpc) is 2.38. The SMILES string of the molecule is NC1CCCc2ccccc21.O=C(O)/C=C/C(=O)O. The highest BCUT2D eigenvalue weighted by Crippen LogP contribution is 2.26. The first kappa shape index (κ1) is 14.9. The van der Waals surface area contributed by atoms with Gasteiger partial charge in [0.2, 0.25) is 0 Å². The molecule has 1 atom stereocenters. The zero-order valence-corrected chi connectivity index (χ0v) is 10.5. The Morgan fingerprint density at radius 3 is 2.26 bits per heavy atom. The number of hydrogen-bond acceptors (Lipinski definition) is 3.